The van der Waals surface area contributed by atoms with Gasteiger partial charge in [0.2, 0.25) is 0 Å². The lowest BCUT2D eigenvalue weighted by Gasteiger charge is -2.24. The predicted molar refractivity (Wildman–Crippen MR) is 109 cm³/mol. The number of carbonyl (C=O) groups excluding carboxylic acids is 1. The number of hydrogen-bond donors (Lipinski definition) is 2. The number of H-pyrrole nitrogens is 1. The average molecular weight is 446 g/mol. The van der Waals surface area contributed by atoms with Gasteiger partial charge in [-0.15, -0.1) is 11.3 Å². The second-order valence-corrected chi connectivity index (χ2v) is 8.02. The Morgan fingerprint density at radius 2 is 1.97 bits per heavy atom. The summed E-state index contributed by atoms with van der Waals surface area (Å²) in [6.07, 6.45) is -2.91. The van der Waals surface area contributed by atoms with Gasteiger partial charge >= 0.3 is 12.2 Å². The molecule has 2 N–H and O–H groups in total. The molecule has 1 fully saturated rings. The van der Waals surface area contributed by atoms with E-state index in [9.17, 15) is 22.4 Å². The molecule has 1 unspecified atom stereocenters. The lowest BCUT2D eigenvalue weighted by atomic mass is 10.0. The van der Waals surface area contributed by atoms with Gasteiger partial charge in [-0.25, -0.2) is 14.2 Å². The summed E-state index contributed by atoms with van der Waals surface area (Å²) in [7, 11) is 0. The smallest absolute Gasteiger partial charge is 0.345 e. The van der Waals surface area contributed by atoms with Crippen LogP contribution in [0.5, 0.6) is 0 Å². The minimum Gasteiger partial charge on any atom is -0.345 e. The maximum atomic E-state index is 14.9. The van der Waals surface area contributed by atoms with Crippen LogP contribution in [-0.4, -0.2) is 22.5 Å². The molecule has 2 aromatic carbocycles. The summed E-state index contributed by atoms with van der Waals surface area (Å²) in [5, 5.41) is 4.04. The van der Waals surface area contributed by atoms with Crippen molar-refractivity contribution in [2.24, 2.45) is 0 Å². The zero-order valence-corrected chi connectivity index (χ0v) is 16.5. The third-order valence-electron chi connectivity index (χ3n) is 5.23. The molecule has 0 radical (unpaired) electrons. The second-order valence-electron chi connectivity index (χ2n) is 7.11. The van der Waals surface area contributed by atoms with Gasteiger partial charge in [-0.3, -0.25) is 4.90 Å². The van der Waals surface area contributed by atoms with Crippen LogP contribution in [0.1, 0.15) is 16.5 Å². The summed E-state index contributed by atoms with van der Waals surface area (Å²) < 4.78 is 53.5. The molecule has 2 amide bonds. The van der Waals surface area contributed by atoms with Crippen LogP contribution >= 0.6 is 11.3 Å². The normalized spacial score (nSPS) is 16.8. The van der Waals surface area contributed by atoms with E-state index in [1.807, 2.05) is 0 Å². The molecule has 0 saturated carbocycles. The second kappa shape index (κ2) is 7.09. The highest BCUT2D eigenvalue weighted by molar-refractivity contribution is 7.10. The number of fused-ring (bicyclic) bond motifs is 1. The Labute approximate surface area is 177 Å². The highest BCUT2D eigenvalue weighted by Gasteiger charge is 2.35. The Kier molecular flexibility index (Phi) is 4.47. The first-order valence-electron chi connectivity index (χ1n) is 9.27. The van der Waals surface area contributed by atoms with Crippen molar-refractivity contribution in [1.29, 1.82) is 0 Å². The first-order valence-corrected chi connectivity index (χ1v) is 10.1. The number of aromatic amines is 1. The van der Waals surface area contributed by atoms with E-state index in [-0.39, 0.29) is 23.7 Å². The number of urea groups is 1. The van der Waals surface area contributed by atoms with Crippen LogP contribution < -0.4 is 10.2 Å². The summed E-state index contributed by atoms with van der Waals surface area (Å²) >= 11 is 0.526. The van der Waals surface area contributed by atoms with Crippen LogP contribution in [0.25, 0.3) is 22.2 Å². The summed E-state index contributed by atoms with van der Waals surface area (Å²) in [4.78, 5) is 20.4. The van der Waals surface area contributed by atoms with E-state index in [0.717, 1.165) is 11.6 Å². The average Bonchev–Trinajstić information content (AvgIpc) is 3.46. The van der Waals surface area contributed by atoms with Crippen molar-refractivity contribution in [2.45, 2.75) is 12.2 Å². The molecule has 1 saturated heterocycles. The van der Waals surface area contributed by atoms with Crippen LogP contribution in [0.3, 0.4) is 0 Å². The number of amides is 2. The zero-order valence-electron chi connectivity index (χ0n) is 15.7. The Morgan fingerprint density at radius 3 is 2.71 bits per heavy atom. The van der Waals surface area contributed by atoms with Crippen molar-refractivity contribution >= 4 is 34.1 Å². The molecule has 4 aromatic rings. The molecule has 1 aliphatic rings. The van der Waals surface area contributed by atoms with E-state index in [4.69, 9.17) is 0 Å². The van der Waals surface area contributed by atoms with Crippen molar-refractivity contribution in [3.8, 4) is 11.1 Å². The first-order chi connectivity index (χ1) is 14.8. The molecule has 0 bridgehead atoms. The first kappa shape index (κ1) is 19.6. The quantitative estimate of drug-likeness (QED) is 0.396. The SMILES string of the molecule is O=C1NCC(c2ccc(-c3csc(C(F)(F)F)c3)c(F)c2)N1c1ccc2[nH]cnc2c1. The van der Waals surface area contributed by atoms with Crippen molar-refractivity contribution in [3.63, 3.8) is 0 Å². The van der Waals surface area contributed by atoms with Crippen LogP contribution in [0.4, 0.5) is 28.0 Å². The number of hydrogen-bond acceptors (Lipinski definition) is 3. The molecule has 0 spiro atoms. The van der Waals surface area contributed by atoms with Gasteiger partial charge in [-0.2, -0.15) is 13.2 Å². The third kappa shape index (κ3) is 3.42. The third-order valence-corrected chi connectivity index (χ3v) is 6.20. The molecular formula is C21H14F4N4OS. The Bertz CT molecular complexity index is 1300. The Morgan fingerprint density at radius 1 is 1.13 bits per heavy atom. The fourth-order valence-electron chi connectivity index (χ4n) is 3.74. The van der Waals surface area contributed by atoms with Gasteiger partial charge in [-0.1, -0.05) is 12.1 Å². The van der Waals surface area contributed by atoms with E-state index in [2.05, 4.69) is 15.3 Å². The van der Waals surface area contributed by atoms with Gasteiger partial charge in [0.25, 0.3) is 0 Å². The summed E-state index contributed by atoms with van der Waals surface area (Å²) in [6.45, 7) is 0.271. The molecule has 3 heterocycles. The highest BCUT2D eigenvalue weighted by Crippen LogP contribution is 2.39. The molecular weight excluding hydrogens is 432 g/mol. The summed E-state index contributed by atoms with van der Waals surface area (Å²) in [5.74, 6) is -0.647. The number of thiophene rings is 1. The number of imidazole rings is 1. The van der Waals surface area contributed by atoms with Gasteiger partial charge in [0.05, 0.1) is 23.4 Å². The van der Waals surface area contributed by atoms with Gasteiger partial charge in [0.1, 0.15) is 10.7 Å². The van der Waals surface area contributed by atoms with Crippen LogP contribution in [0.15, 0.2) is 54.2 Å². The van der Waals surface area contributed by atoms with Crippen LogP contribution in [-0.2, 0) is 6.18 Å². The van der Waals surface area contributed by atoms with Gasteiger partial charge in [0.15, 0.2) is 0 Å². The van der Waals surface area contributed by atoms with Crippen molar-refractivity contribution in [1.82, 2.24) is 15.3 Å². The summed E-state index contributed by atoms with van der Waals surface area (Å²) in [6, 6.07) is 9.83. The molecule has 5 rings (SSSR count). The minimum absolute atomic E-state index is 0.0808. The van der Waals surface area contributed by atoms with Crippen molar-refractivity contribution < 1.29 is 22.4 Å². The number of rotatable bonds is 3. The zero-order chi connectivity index (χ0) is 21.8. The van der Waals surface area contributed by atoms with E-state index in [1.54, 1.807) is 30.6 Å². The number of aromatic nitrogens is 2. The Hall–Kier alpha value is -3.40. The molecule has 31 heavy (non-hydrogen) atoms. The number of nitrogens with one attached hydrogen (secondary N) is 2. The fraction of sp³-hybridized carbons (Fsp3) is 0.143. The molecule has 0 aliphatic carbocycles. The monoisotopic (exact) mass is 446 g/mol. The molecule has 2 aromatic heterocycles. The van der Waals surface area contributed by atoms with Crippen molar-refractivity contribution in [2.75, 3.05) is 11.4 Å². The number of carbonyl (C=O) groups is 1. The van der Waals surface area contributed by atoms with Crippen LogP contribution in [0, 0.1) is 5.82 Å². The maximum Gasteiger partial charge on any atom is 0.425 e. The fourth-order valence-corrected chi connectivity index (χ4v) is 4.51. The molecule has 1 atom stereocenters. The molecule has 1 aliphatic heterocycles. The minimum atomic E-state index is -4.47. The lowest BCUT2D eigenvalue weighted by Crippen LogP contribution is -2.29. The van der Waals surface area contributed by atoms with Gasteiger partial charge in [0, 0.05) is 17.8 Å². The topological polar surface area (TPSA) is 61.0 Å². The number of anilines is 1. The lowest BCUT2D eigenvalue weighted by molar-refractivity contribution is -0.134. The molecule has 5 nitrogen and oxygen atoms in total. The van der Waals surface area contributed by atoms with Gasteiger partial charge < -0.3 is 10.3 Å². The van der Waals surface area contributed by atoms with Crippen LogP contribution in [0.2, 0.25) is 0 Å². The molecule has 158 valence electrons. The maximum absolute atomic E-state index is 14.9. The predicted octanol–water partition coefficient (Wildman–Crippen LogP) is 5.72. The van der Waals surface area contributed by atoms with Gasteiger partial charge in [-0.05, 0) is 46.8 Å². The molecule has 10 heteroatoms. The van der Waals surface area contributed by atoms with E-state index < -0.39 is 22.9 Å². The number of alkyl halides is 3. The highest BCUT2D eigenvalue weighted by atomic mass is 32.1. The van der Waals surface area contributed by atoms with E-state index >= 15 is 0 Å². The largest absolute Gasteiger partial charge is 0.425 e. The van der Waals surface area contributed by atoms with Crippen molar-refractivity contribution in [3.05, 3.63) is 70.4 Å². The standard InChI is InChI=1S/C21H14F4N4OS/c22-15-5-11(1-3-14(15)12-6-19(31-9-12)21(23,24)25)18-8-26-20(30)29(18)13-2-4-16-17(7-13)28-10-27-16/h1-7,9-10,18H,8H2,(H,26,30)(H,27,28). The van der Waals surface area contributed by atoms with E-state index in [0.29, 0.717) is 28.1 Å². The number of halogens is 4. The number of nitrogens with zero attached hydrogens (tertiary/aromatic N) is 2. The number of benzene rings is 2. The van der Waals surface area contributed by atoms with E-state index in [1.165, 1.54) is 22.4 Å². The summed E-state index contributed by atoms with van der Waals surface area (Å²) in [5.41, 5.74) is 2.91. The Balaban J connectivity index is 1.48.